The summed E-state index contributed by atoms with van der Waals surface area (Å²) in [6.07, 6.45) is 83.5. The SMILES string of the molecule is CCCCC/C=C\C/C=C\CCCCCCCCCC(=O)OCC(COC(=O)CCCCCCCCCCCCCCCCCCCCCCCC)OC(=O)CCCCCCCCCCCCCCCCCCCCCCCC. The van der Waals surface area contributed by atoms with E-state index in [1.54, 1.807) is 0 Å². The molecule has 0 aromatic heterocycles. The van der Waals surface area contributed by atoms with Gasteiger partial charge in [0.1, 0.15) is 13.2 Å². The van der Waals surface area contributed by atoms with Crippen LogP contribution in [0.5, 0.6) is 0 Å². The molecule has 1 atom stereocenters. The van der Waals surface area contributed by atoms with E-state index in [0.29, 0.717) is 19.3 Å². The number of allylic oxidation sites excluding steroid dienone is 4. The van der Waals surface area contributed by atoms with Gasteiger partial charge in [-0.3, -0.25) is 14.4 Å². The van der Waals surface area contributed by atoms with Crippen LogP contribution in [0.15, 0.2) is 24.3 Å². The minimum Gasteiger partial charge on any atom is -0.462 e. The first-order chi connectivity index (χ1) is 39.0. The van der Waals surface area contributed by atoms with E-state index in [9.17, 15) is 14.4 Å². The van der Waals surface area contributed by atoms with Crippen molar-refractivity contribution in [1.82, 2.24) is 0 Å². The second kappa shape index (κ2) is 68.4. The molecule has 6 heteroatoms. The third-order valence-corrected chi connectivity index (χ3v) is 16.5. The van der Waals surface area contributed by atoms with Crippen molar-refractivity contribution in [3.8, 4) is 0 Å². The number of hydrogen-bond donors (Lipinski definition) is 0. The Morgan fingerprint density at radius 3 is 0.722 bits per heavy atom. The molecule has 79 heavy (non-hydrogen) atoms. The van der Waals surface area contributed by atoms with E-state index in [2.05, 4.69) is 45.1 Å². The molecule has 0 fully saturated rings. The van der Waals surface area contributed by atoms with Gasteiger partial charge in [-0.15, -0.1) is 0 Å². The molecule has 0 rings (SSSR count). The minimum absolute atomic E-state index is 0.0670. The maximum atomic E-state index is 13.0. The van der Waals surface area contributed by atoms with E-state index in [0.717, 1.165) is 70.6 Å². The summed E-state index contributed by atoms with van der Waals surface area (Å²) in [5.74, 6) is -0.840. The molecule has 0 heterocycles. The second-order valence-corrected chi connectivity index (χ2v) is 24.5. The van der Waals surface area contributed by atoms with Crippen LogP contribution in [0.2, 0.25) is 0 Å². The van der Waals surface area contributed by atoms with Crippen molar-refractivity contribution in [2.45, 2.75) is 412 Å². The monoisotopic (exact) mass is 1110 g/mol. The number of hydrogen-bond acceptors (Lipinski definition) is 6. The molecule has 0 saturated heterocycles. The van der Waals surface area contributed by atoms with E-state index in [-0.39, 0.29) is 31.1 Å². The van der Waals surface area contributed by atoms with Crippen molar-refractivity contribution >= 4 is 17.9 Å². The van der Waals surface area contributed by atoms with Gasteiger partial charge in [0, 0.05) is 19.3 Å². The van der Waals surface area contributed by atoms with E-state index >= 15 is 0 Å². The summed E-state index contributed by atoms with van der Waals surface area (Å²) in [5, 5.41) is 0. The Balaban J connectivity index is 4.28. The third kappa shape index (κ3) is 66.6. The Bertz CT molecular complexity index is 1270. The van der Waals surface area contributed by atoms with Crippen molar-refractivity contribution in [2.24, 2.45) is 0 Å². The summed E-state index contributed by atoms with van der Waals surface area (Å²) >= 11 is 0. The first kappa shape index (κ1) is 76.9. The molecule has 0 radical (unpaired) electrons. The highest BCUT2D eigenvalue weighted by Gasteiger charge is 2.19. The van der Waals surface area contributed by atoms with Crippen molar-refractivity contribution in [1.29, 1.82) is 0 Å². The number of carbonyl (C=O) groups is 3. The average Bonchev–Trinajstić information content (AvgIpc) is 3.45. The molecule has 0 aliphatic heterocycles. The van der Waals surface area contributed by atoms with Crippen LogP contribution in [0.4, 0.5) is 0 Å². The van der Waals surface area contributed by atoms with Crippen LogP contribution >= 0.6 is 0 Å². The number of unbranched alkanes of at least 4 members (excludes halogenated alkanes) is 52. The lowest BCUT2D eigenvalue weighted by atomic mass is 10.0. The molecular formula is C73H138O6. The normalized spacial score (nSPS) is 12.1. The Labute approximate surface area is 493 Å². The predicted molar refractivity (Wildman–Crippen MR) is 344 cm³/mol. The van der Waals surface area contributed by atoms with Gasteiger partial charge in [0.15, 0.2) is 6.10 Å². The Kier molecular flexibility index (Phi) is 66.6. The van der Waals surface area contributed by atoms with Gasteiger partial charge in [0.05, 0.1) is 0 Å². The summed E-state index contributed by atoms with van der Waals surface area (Å²) in [5.41, 5.74) is 0. The van der Waals surface area contributed by atoms with Gasteiger partial charge in [0.25, 0.3) is 0 Å². The molecule has 0 amide bonds. The molecule has 0 aliphatic rings. The summed E-state index contributed by atoms with van der Waals surface area (Å²) < 4.78 is 17.0. The highest BCUT2D eigenvalue weighted by atomic mass is 16.6. The summed E-state index contributed by atoms with van der Waals surface area (Å²) in [7, 11) is 0. The molecule has 0 aliphatic carbocycles. The molecule has 6 nitrogen and oxygen atoms in total. The topological polar surface area (TPSA) is 78.9 Å². The van der Waals surface area contributed by atoms with E-state index in [1.165, 1.54) is 295 Å². The Morgan fingerprint density at radius 1 is 0.253 bits per heavy atom. The van der Waals surface area contributed by atoms with Crippen LogP contribution in [0.1, 0.15) is 406 Å². The zero-order valence-electron chi connectivity index (χ0n) is 53.7. The summed E-state index contributed by atoms with van der Waals surface area (Å²) in [4.78, 5) is 38.5. The van der Waals surface area contributed by atoms with Gasteiger partial charge in [-0.25, -0.2) is 0 Å². The van der Waals surface area contributed by atoms with E-state index in [1.807, 2.05) is 0 Å². The van der Waals surface area contributed by atoms with Gasteiger partial charge in [-0.1, -0.05) is 360 Å². The van der Waals surface area contributed by atoms with Crippen molar-refractivity contribution in [3.63, 3.8) is 0 Å². The lowest BCUT2D eigenvalue weighted by Gasteiger charge is -2.18. The Morgan fingerprint density at radius 2 is 0.456 bits per heavy atom. The first-order valence-electron chi connectivity index (χ1n) is 35.8. The maximum absolute atomic E-state index is 13.0. The zero-order chi connectivity index (χ0) is 57.1. The van der Waals surface area contributed by atoms with Gasteiger partial charge in [0.2, 0.25) is 0 Å². The fourth-order valence-corrected chi connectivity index (χ4v) is 11.1. The molecule has 0 N–H and O–H groups in total. The van der Waals surface area contributed by atoms with Crippen molar-refractivity contribution in [3.05, 3.63) is 24.3 Å². The van der Waals surface area contributed by atoms with Crippen LogP contribution < -0.4 is 0 Å². The summed E-state index contributed by atoms with van der Waals surface area (Å²) in [6, 6.07) is 0. The highest BCUT2D eigenvalue weighted by Crippen LogP contribution is 2.19. The van der Waals surface area contributed by atoms with Gasteiger partial charge in [-0.2, -0.15) is 0 Å². The third-order valence-electron chi connectivity index (χ3n) is 16.5. The van der Waals surface area contributed by atoms with Gasteiger partial charge >= 0.3 is 17.9 Å². The fourth-order valence-electron chi connectivity index (χ4n) is 11.1. The molecule has 466 valence electrons. The van der Waals surface area contributed by atoms with Crippen molar-refractivity contribution in [2.75, 3.05) is 13.2 Å². The van der Waals surface area contributed by atoms with E-state index < -0.39 is 6.10 Å². The minimum atomic E-state index is -0.772. The molecule has 0 aromatic carbocycles. The molecule has 0 aromatic rings. The smallest absolute Gasteiger partial charge is 0.306 e. The average molecular weight is 1110 g/mol. The molecular weight excluding hydrogens is 973 g/mol. The lowest BCUT2D eigenvalue weighted by Crippen LogP contribution is -2.30. The van der Waals surface area contributed by atoms with E-state index in [4.69, 9.17) is 14.2 Å². The Hall–Kier alpha value is -2.11. The number of carbonyl (C=O) groups excluding carboxylic acids is 3. The zero-order valence-corrected chi connectivity index (χ0v) is 53.7. The maximum Gasteiger partial charge on any atom is 0.306 e. The second-order valence-electron chi connectivity index (χ2n) is 24.5. The molecule has 0 spiro atoms. The van der Waals surface area contributed by atoms with Crippen LogP contribution in [-0.2, 0) is 28.6 Å². The molecule has 1 unspecified atom stereocenters. The number of esters is 3. The number of ether oxygens (including phenoxy) is 3. The standard InChI is InChI=1S/C73H138O6/c1-4-7-10-13-16-19-22-25-28-31-33-35-37-39-42-45-48-51-54-57-60-63-66-72(75)78-69-70(68-77-71(74)65-62-59-56-53-50-47-44-41-30-27-24-21-18-15-12-9-6-3)79-73(76)67-64-61-58-55-52-49-46-43-40-38-36-34-32-29-26-23-20-17-14-11-8-5-2/h18,21,27,30,70H,4-17,19-20,22-26,28-29,31-69H2,1-3H3/b21-18-,30-27-. The highest BCUT2D eigenvalue weighted by molar-refractivity contribution is 5.71. The van der Waals surface area contributed by atoms with Crippen LogP contribution in [-0.4, -0.2) is 37.2 Å². The summed E-state index contributed by atoms with van der Waals surface area (Å²) in [6.45, 7) is 6.70. The largest absolute Gasteiger partial charge is 0.462 e. The van der Waals surface area contributed by atoms with Gasteiger partial charge in [-0.05, 0) is 51.4 Å². The van der Waals surface area contributed by atoms with Crippen LogP contribution in [0.3, 0.4) is 0 Å². The van der Waals surface area contributed by atoms with Gasteiger partial charge < -0.3 is 14.2 Å². The molecule has 0 saturated carbocycles. The lowest BCUT2D eigenvalue weighted by molar-refractivity contribution is -0.167. The van der Waals surface area contributed by atoms with Crippen LogP contribution in [0, 0.1) is 0 Å². The van der Waals surface area contributed by atoms with Crippen molar-refractivity contribution < 1.29 is 28.6 Å². The first-order valence-corrected chi connectivity index (χ1v) is 35.8. The molecule has 0 bridgehead atoms. The van der Waals surface area contributed by atoms with Crippen LogP contribution in [0.25, 0.3) is 0 Å². The predicted octanol–water partition coefficient (Wildman–Crippen LogP) is 24.6. The quantitative estimate of drug-likeness (QED) is 0.0261. The number of rotatable bonds is 67. The fraction of sp³-hybridized carbons (Fsp3) is 0.904.